The van der Waals surface area contributed by atoms with E-state index in [1.54, 1.807) is 0 Å². The number of nitrogens with zero attached hydrogens (tertiary/aromatic N) is 1. The summed E-state index contributed by atoms with van der Waals surface area (Å²) in [5.74, 6) is 1.83. The Morgan fingerprint density at radius 3 is 3.00 bits per heavy atom. The number of likely N-dealkylation sites (tertiary alicyclic amines) is 1. The third-order valence-electron chi connectivity index (χ3n) is 4.97. The van der Waals surface area contributed by atoms with E-state index in [4.69, 9.17) is 4.74 Å². The van der Waals surface area contributed by atoms with Crippen LogP contribution >= 0.6 is 0 Å². The van der Waals surface area contributed by atoms with Crippen LogP contribution < -0.4 is 5.32 Å². The molecule has 108 valence electrons. The van der Waals surface area contributed by atoms with Gasteiger partial charge in [0.2, 0.25) is 5.91 Å². The summed E-state index contributed by atoms with van der Waals surface area (Å²) in [7, 11) is 1.91. The zero-order valence-corrected chi connectivity index (χ0v) is 11.9. The third kappa shape index (κ3) is 3.11. The predicted molar refractivity (Wildman–Crippen MR) is 73.8 cm³/mol. The molecule has 0 bridgehead atoms. The summed E-state index contributed by atoms with van der Waals surface area (Å²) in [5, 5.41) is 3.20. The number of hydrogen-bond donors (Lipinski definition) is 1. The first-order valence-electron chi connectivity index (χ1n) is 7.85. The van der Waals surface area contributed by atoms with Crippen LogP contribution in [0.4, 0.5) is 0 Å². The van der Waals surface area contributed by atoms with Gasteiger partial charge in [0.05, 0.1) is 12.1 Å². The highest BCUT2D eigenvalue weighted by atomic mass is 16.5. The van der Waals surface area contributed by atoms with E-state index in [0.29, 0.717) is 5.91 Å². The summed E-state index contributed by atoms with van der Waals surface area (Å²) < 4.78 is 5.90. The maximum atomic E-state index is 12.5. The zero-order valence-electron chi connectivity index (χ0n) is 11.9. The van der Waals surface area contributed by atoms with Crippen molar-refractivity contribution in [2.45, 2.75) is 50.7 Å². The Morgan fingerprint density at radius 2 is 2.16 bits per heavy atom. The number of fused-ring (bicyclic) bond motifs is 1. The summed E-state index contributed by atoms with van der Waals surface area (Å²) >= 11 is 0. The van der Waals surface area contributed by atoms with Crippen molar-refractivity contribution in [1.82, 2.24) is 10.2 Å². The van der Waals surface area contributed by atoms with Gasteiger partial charge in [-0.1, -0.05) is 12.8 Å². The second-order valence-corrected chi connectivity index (χ2v) is 6.42. The van der Waals surface area contributed by atoms with E-state index in [1.807, 2.05) is 7.05 Å². The highest BCUT2D eigenvalue weighted by molar-refractivity contribution is 5.82. The second-order valence-electron chi connectivity index (χ2n) is 6.42. The number of carbonyl (C=O) groups excluding carboxylic acids is 1. The molecule has 1 aliphatic carbocycles. The second kappa shape index (κ2) is 5.80. The quantitative estimate of drug-likeness (QED) is 0.839. The van der Waals surface area contributed by atoms with Gasteiger partial charge in [-0.25, -0.2) is 0 Å². The van der Waals surface area contributed by atoms with Gasteiger partial charge in [0.25, 0.3) is 0 Å². The fourth-order valence-electron chi connectivity index (χ4n) is 3.60. The molecule has 0 aromatic heterocycles. The molecule has 19 heavy (non-hydrogen) atoms. The molecule has 4 nitrogen and oxygen atoms in total. The van der Waals surface area contributed by atoms with Crippen LogP contribution in [-0.2, 0) is 9.53 Å². The van der Waals surface area contributed by atoms with E-state index < -0.39 is 0 Å². The Balaban J connectivity index is 1.62. The Kier molecular flexibility index (Phi) is 4.08. The number of likely N-dealkylation sites (N-methyl/N-ethyl adjacent to an activating group) is 1. The molecule has 1 saturated carbocycles. The number of carbonyl (C=O) groups is 1. The zero-order chi connectivity index (χ0) is 13.2. The van der Waals surface area contributed by atoms with Gasteiger partial charge in [-0.15, -0.1) is 0 Å². The summed E-state index contributed by atoms with van der Waals surface area (Å²) in [6.07, 6.45) is 7.41. The molecule has 2 saturated heterocycles. The molecular formula is C15H26N2O2. The third-order valence-corrected chi connectivity index (χ3v) is 4.97. The maximum Gasteiger partial charge on any atom is 0.239 e. The molecular weight excluding hydrogens is 240 g/mol. The van der Waals surface area contributed by atoms with Gasteiger partial charge >= 0.3 is 0 Å². The van der Waals surface area contributed by atoms with E-state index in [9.17, 15) is 4.79 Å². The van der Waals surface area contributed by atoms with Crippen LogP contribution in [0.15, 0.2) is 0 Å². The Labute approximate surface area is 115 Å². The Hall–Kier alpha value is -0.610. The summed E-state index contributed by atoms with van der Waals surface area (Å²) in [6, 6.07) is 0.0308. The lowest BCUT2D eigenvalue weighted by Gasteiger charge is -2.29. The van der Waals surface area contributed by atoms with E-state index in [-0.39, 0.29) is 12.1 Å². The summed E-state index contributed by atoms with van der Waals surface area (Å²) in [5.41, 5.74) is 0. The lowest BCUT2D eigenvalue weighted by atomic mass is 10.1. The van der Waals surface area contributed by atoms with Crippen molar-refractivity contribution < 1.29 is 9.53 Å². The molecule has 0 aromatic rings. The summed E-state index contributed by atoms with van der Waals surface area (Å²) in [6.45, 7) is 2.63. The van der Waals surface area contributed by atoms with Crippen molar-refractivity contribution in [3.8, 4) is 0 Å². The van der Waals surface area contributed by atoms with Gasteiger partial charge in [-0.2, -0.15) is 0 Å². The first-order chi connectivity index (χ1) is 9.28. The molecule has 4 heteroatoms. The predicted octanol–water partition coefficient (Wildman–Crippen LogP) is 1.40. The molecule has 2 heterocycles. The van der Waals surface area contributed by atoms with Gasteiger partial charge in [-0.3, -0.25) is 4.79 Å². The molecule has 1 N–H and O–H groups in total. The van der Waals surface area contributed by atoms with Crippen molar-refractivity contribution in [3.05, 3.63) is 0 Å². The first kappa shape index (κ1) is 13.4. The van der Waals surface area contributed by atoms with Crippen LogP contribution in [0.25, 0.3) is 0 Å². The minimum atomic E-state index is 0.0308. The minimum Gasteiger partial charge on any atom is -0.376 e. The van der Waals surface area contributed by atoms with Crippen LogP contribution in [0, 0.1) is 11.8 Å². The van der Waals surface area contributed by atoms with E-state index in [2.05, 4.69) is 10.2 Å². The molecule has 4 unspecified atom stereocenters. The molecule has 0 radical (unpaired) electrons. The topological polar surface area (TPSA) is 41.6 Å². The minimum absolute atomic E-state index is 0.0308. The van der Waals surface area contributed by atoms with Gasteiger partial charge < -0.3 is 15.0 Å². The van der Waals surface area contributed by atoms with Crippen LogP contribution in [-0.4, -0.2) is 49.7 Å². The van der Waals surface area contributed by atoms with Crippen LogP contribution in [0.5, 0.6) is 0 Å². The van der Waals surface area contributed by atoms with Crippen molar-refractivity contribution in [1.29, 1.82) is 0 Å². The standard InChI is InChI=1S/C15H26N2O2/c1-16-14-8-11-7-12(11)9-17(15(14)18)10-13-5-3-2-4-6-19-13/h11-14,16H,2-10H2,1H3. The average molecular weight is 266 g/mol. The molecule has 3 rings (SSSR count). The average Bonchev–Trinajstić information content (AvgIpc) is 3.18. The number of hydrogen-bond acceptors (Lipinski definition) is 3. The Bertz CT molecular complexity index is 326. The fourth-order valence-corrected chi connectivity index (χ4v) is 3.60. The van der Waals surface area contributed by atoms with E-state index in [1.165, 1.54) is 25.7 Å². The largest absolute Gasteiger partial charge is 0.376 e. The van der Waals surface area contributed by atoms with Gasteiger partial charge in [-0.05, 0) is 44.6 Å². The van der Waals surface area contributed by atoms with Crippen molar-refractivity contribution in [3.63, 3.8) is 0 Å². The molecule has 2 aliphatic heterocycles. The van der Waals surface area contributed by atoms with E-state index >= 15 is 0 Å². The molecule has 1 amide bonds. The SMILES string of the molecule is CNC1CC2CC2CN(CC2CCCCCO2)C1=O. The molecule has 4 atom stereocenters. The summed E-state index contributed by atoms with van der Waals surface area (Å²) in [4.78, 5) is 14.6. The van der Waals surface area contributed by atoms with Crippen LogP contribution in [0.2, 0.25) is 0 Å². The number of amides is 1. The number of rotatable bonds is 3. The lowest BCUT2D eigenvalue weighted by molar-refractivity contribution is -0.135. The van der Waals surface area contributed by atoms with Crippen LogP contribution in [0.3, 0.4) is 0 Å². The lowest BCUT2D eigenvalue weighted by Crippen LogP contribution is -2.47. The fraction of sp³-hybridized carbons (Fsp3) is 0.933. The number of ether oxygens (including phenoxy) is 1. The van der Waals surface area contributed by atoms with Gasteiger partial charge in [0.15, 0.2) is 0 Å². The smallest absolute Gasteiger partial charge is 0.239 e. The Morgan fingerprint density at radius 1 is 1.26 bits per heavy atom. The monoisotopic (exact) mass is 266 g/mol. The van der Waals surface area contributed by atoms with Crippen molar-refractivity contribution in [2.75, 3.05) is 26.7 Å². The highest BCUT2D eigenvalue weighted by Gasteiger charge is 2.45. The molecule has 3 fully saturated rings. The van der Waals surface area contributed by atoms with Gasteiger partial charge in [0.1, 0.15) is 0 Å². The van der Waals surface area contributed by atoms with Crippen molar-refractivity contribution in [2.24, 2.45) is 11.8 Å². The highest BCUT2D eigenvalue weighted by Crippen LogP contribution is 2.44. The maximum absolute atomic E-state index is 12.5. The first-order valence-corrected chi connectivity index (χ1v) is 7.85. The van der Waals surface area contributed by atoms with Crippen molar-refractivity contribution >= 4 is 5.91 Å². The van der Waals surface area contributed by atoms with Crippen LogP contribution in [0.1, 0.15) is 38.5 Å². The van der Waals surface area contributed by atoms with Gasteiger partial charge in [0, 0.05) is 19.7 Å². The molecule has 0 spiro atoms. The number of nitrogens with one attached hydrogen (secondary N) is 1. The molecule has 3 aliphatic rings. The van der Waals surface area contributed by atoms with E-state index in [0.717, 1.165) is 44.4 Å². The normalized spacial score (nSPS) is 39.4. The molecule has 0 aromatic carbocycles.